The molecule has 1 saturated heterocycles. The first-order chi connectivity index (χ1) is 7.63. The van der Waals surface area contributed by atoms with Crippen LogP contribution in [-0.4, -0.2) is 31.0 Å². The SMILES string of the molecule is COc1cc(I)c(Cl)cc1C(=O)N1CCC1. The lowest BCUT2D eigenvalue weighted by Crippen LogP contribution is -2.42. The molecule has 1 amide bonds. The Kier molecular flexibility index (Phi) is 3.59. The van der Waals surface area contributed by atoms with Crippen molar-refractivity contribution in [2.24, 2.45) is 0 Å². The van der Waals surface area contributed by atoms with E-state index in [1.165, 1.54) is 0 Å². The summed E-state index contributed by atoms with van der Waals surface area (Å²) in [5.41, 5.74) is 0.549. The molecule has 86 valence electrons. The first-order valence-electron chi connectivity index (χ1n) is 4.96. The molecular formula is C11H11ClINO2. The molecule has 5 heteroatoms. The van der Waals surface area contributed by atoms with Gasteiger partial charge in [0.05, 0.1) is 17.7 Å². The average Bonchev–Trinajstić information content (AvgIpc) is 2.18. The van der Waals surface area contributed by atoms with Crippen LogP contribution < -0.4 is 4.74 Å². The van der Waals surface area contributed by atoms with Crippen molar-refractivity contribution in [2.45, 2.75) is 6.42 Å². The standard InChI is InChI=1S/C11H11ClINO2/c1-16-10-6-9(13)8(12)5-7(10)11(15)14-3-2-4-14/h5-6H,2-4H2,1H3. The van der Waals surface area contributed by atoms with E-state index in [-0.39, 0.29) is 5.91 Å². The van der Waals surface area contributed by atoms with Crippen molar-refractivity contribution in [1.29, 1.82) is 0 Å². The monoisotopic (exact) mass is 351 g/mol. The van der Waals surface area contributed by atoms with E-state index in [0.717, 1.165) is 23.1 Å². The number of hydrogen-bond acceptors (Lipinski definition) is 2. The van der Waals surface area contributed by atoms with E-state index in [1.54, 1.807) is 24.1 Å². The van der Waals surface area contributed by atoms with Crippen molar-refractivity contribution in [2.75, 3.05) is 20.2 Å². The molecule has 1 aliphatic heterocycles. The second-order valence-electron chi connectivity index (χ2n) is 3.61. The highest BCUT2D eigenvalue weighted by molar-refractivity contribution is 14.1. The minimum atomic E-state index is 0.00130. The Morgan fingerprint density at radius 1 is 1.50 bits per heavy atom. The first kappa shape index (κ1) is 12.0. The lowest BCUT2D eigenvalue weighted by Gasteiger charge is -2.31. The number of benzene rings is 1. The van der Waals surface area contributed by atoms with Crippen LogP contribution in [0.2, 0.25) is 5.02 Å². The van der Waals surface area contributed by atoms with Crippen molar-refractivity contribution < 1.29 is 9.53 Å². The highest BCUT2D eigenvalue weighted by Crippen LogP contribution is 2.29. The maximum absolute atomic E-state index is 12.1. The van der Waals surface area contributed by atoms with Crippen LogP contribution in [0.25, 0.3) is 0 Å². The second kappa shape index (κ2) is 4.79. The molecule has 2 rings (SSSR count). The molecule has 1 fully saturated rings. The summed E-state index contributed by atoms with van der Waals surface area (Å²) in [7, 11) is 1.56. The summed E-state index contributed by atoms with van der Waals surface area (Å²) >= 11 is 8.14. The van der Waals surface area contributed by atoms with Gasteiger partial charge in [-0.15, -0.1) is 0 Å². The van der Waals surface area contributed by atoms with Gasteiger partial charge in [0.25, 0.3) is 5.91 Å². The van der Waals surface area contributed by atoms with Crippen LogP contribution in [0.1, 0.15) is 16.8 Å². The molecule has 0 unspecified atom stereocenters. The second-order valence-corrected chi connectivity index (χ2v) is 5.18. The van der Waals surface area contributed by atoms with Gasteiger partial charge in [-0.2, -0.15) is 0 Å². The summed E-state index contributed by atoms with van der Waals surface area (Å²) in [5.74, 6) is 0.590. The van der Waals surface area contributed by atoms with Crippen LogP contribution in [0.3, 0.4) is 0 Å². The fraction of sp³-hybridized carbons (Fsp3) is 0.364. The van der Waals surface area contributed by atoms with Gasteiger partial charge in [0.2, 0.25) is 0 Å². The van der Waals surface area contributed by atoms with E-state index in [2.05, 4.69) is 22.6 Å². The Labute approximate surface area is 113 Å². The van der Waals surface area contributed by atoms with Gasteiger partial charge >= 0.3 is 0 Å². The number of nitrogens with zero attached hydrogens (tertiary/aromatic N) is 1. The maximum atomic E-state index is 12.1. The molecule has 0 atom stereocenters. The lowest BCUT2D eigenvalue weighted by molar-refractivity contribution is 0.0648. The van der Waals surface area contributed by atoms with Gasteiger partial charge in [-0.1, -0.05) is 11.6 Å². The summed E-state index contributed by atoms with van der Waals surface area (Å²) in [6, 6.07) is 3.47. The van der Waals surface area contributed by atoms with Gasteiger partial charge in [0.15, 0.2) is 0 Å². The van der Waals surface area contributed by atoms with Crippen LogP contribution >= 0.6 is 34.2 Å². The van der Waals surface area contributed by atoms with Crippen molar-refractivity contribution in [1.82, 2.24) is 4.90 Å². The van der Waals surface area contributed by atoms with E-state index in [4.69, 9.17) is 16.3 Å². The summed E-state index contributed by atoms with van der Waals surface area (Å²) < 4.78 is 6.10. The van der Waals surface area contributed by atoms with Crippen LogP contribution in [0, 0.1) is 3.57 Å². The number of carbonyl (C=O) groups is 1. The Morgan fingerprint density at radius 2 is 2.19 bits per heavy atom. The molecule has 1 heterocycles. The Balaban J connectivity index is 2.37. The number of amides is 1. The number of hydrogen-bond donors (Lipinski definition) is 0. The van der Waals surface area contributed by atoms with E-state index in [0.29, 0.717) is 16.3 Å². The number of ether oxygens (including phenoxy) is 1. The number of likely N-dealkylation sites (tertiary alicyclic amines) is 1. The van der Waals surface area contributed by atoms with Gasteiger partial charge in [-0.05, 0) is 41.1 Å². The predicted molar refractivity (Wildman–Crippen MR) is 71.2 cm³/mol. The molecule has 0 radical (unpaired) electrons. The molecule has 0 saturated carbocycles. The van der Waals surface area contributed by atoms with E-state index in [9.17, 15) is 4.79 Å². The quantitative estimate of drug-likeness (QED) is 0.767. The van der Waals surface area contributed by atoms with Crippen molar-refractivity contribution >= 4 is 40.1 Å². The number of halogens is 2. The van der Waals surface area contributed by atoms with Gasteiger partial charge in [0, 0.05) is 16.7 Å². The Bertz CT molecular complexity index is 432. The van der Waals surface area contributed by atoms with Crippen molar-refractivity contribution in [3.8, 4) is 5.75 Å². The minimum absolute atomic E-state index is 0.00130. The largest absolute Gasteiger partial charge is 0.496 e. The number of methoxy groups -OCH3 is 1. The van der Waals surface area contributed by atoms with Gasteiger partial charge < -0.3 is 9.64 Å². The zero-order chi connectivity index (χ0) is 11.7. The Morgan fingerprint density at radius 3 is 2.69 bits per heavy atom. The molecule has 16 heavy (non-hydrogen) atoms. The third-order valence-corrected chi connectivity index (χ3v) is 4.14. The third kappa shape index (κ3) is 2.13. The topological polar surface area (TPSA) is 29.5 Å². The minimum Gasteiger partial charge on any atom is -0.496 e. The van der Waals surface area contributed by atoms with Gasteiger partial charge in [0.1, 0.15) is 5.75 Å². The average molecular weight is 352 g/mol. The predicted octanol–water partition coefficient (Wildman–Crippen LogP) is 2.80. The van der Waals surface area contributed by atoms with Gasteiger partial charge in [-0.3, -0.25) is 4.79 Å². The lowest BCUT2D eigenvalue weighted by atomic mass is 10.1. The molecule has 0 N–H and O–H groups in total. The third-order valence-electron chi connectivity index (χ3n) is 2.62. The zero-order valence-corrected chi connectivity index (χ0v) is 11.7. The van der Waals surface area contributed by atoms with Crippen molar-refractivity contribution in [3.05, 3.63) is 26.3 Å². The first-order valence-corrected chi connectivity index (χ1v) is 6.41. The highest BCUT2D eigenvalue weighted by Gasteiger charge is 2.25. The smallest absolute Gasteiger partial charge is 0.257 e. The maximum Gasteiger partial charge on any atom is 0.257 e. The molecule has 0 aliphatic carbocycles. The summed E-state index contributed by atoms with van der Waals surface area (Å²) in [6.45, 7) is 1.65. The molecule has 1 aromatic rings. The molecule has 0 spiro atoms. The van der Waals surface area contributed by atoms with E-state index in [1.807, 2.05) is 0 Å². The summed E-state index contributed by atoms with van der Waals surface area (Å²) in [5, 5.41) is 0.588. The van der Waals surface area contributed by atoms with Crippen LogP contribution in [-0.2, 0) is 0 Å². The van der Waals surface area contributed by atoms with Crippen LogP contribution in [0.5, 0.6) is 5.75 Å². The molecule has 1 aromatic carbocycles. The highest BCUT2D eigenvalue weighted by atomic mass is 127. The fourth-order valence-electron chi connectivity index (χ4n) is 1.55. The van der Waals surface area contributed by atoms with Crippen LogP contribution in [0.4, 0.5) is 0 Å². The molecular weight excluding hydrogens is 340 g/mol. The van der Waals surface area contributed by atoms with Crippen molar-refractivity contribution in [3.63, 3.8) is 0 Å². The van der Waals surface area contributed by atoms with Gasteiger partial charge in [-0.25, -0.2) is 0 Å². The molecule has 1 aliphatic rings. The molecule has 3 nitrogen and oxygen atoms in total. The van der Waals surface area contributed by atoms with E-state index < -0.39 is 0 Å². The van der Waals surface area contributed by atoms with Crippen LogP contribution in [0.15, 0.2) is 12.1 Å². The Hall–Kier alpha value is -0.490. The fourth-order valence-corrected chi connectivity index (χ4v) is 2.16. The number of rotatable bonds is 2. The normalized spacial score (nSPS) is 14.6. The zero-order valence-electron chi connectivity index (χ0n) is 8.80. The molecule has 0 aromatic heterocycles. The summed E-state index contributed by atoms with van der Waals surface area (Å²) in [4.78, 5) is 13.8. The van der Waals surface area contributed by atoms with E-state index >= 15 is 0 Å². The summed E-state index contributed by atoms with van der Waals surface area (Å²) in [6.07, 6.45) is 1.08. The molecule has 0 bridgehead atoms. The number of carbonyl (C=O) groups excluding carboxylic acids is 1.